The molecular weight excluding hydrogens is 384 g/mol. The van der Waals surface area contributed by atoms with Crippen molar-refractivity contribution in [3.63, 3.8) is 0 Å². The van der Waals surface area contributed by atoms with Crippen molar-refractivity contribution < 1.29 is 13.2 Å². The number of hydrogen-bond acceptors (Lipinski definition) is 4. The lowest BCUT2D eigenvalue weighted by Crippen LogP contribution is -2.48. The van der Waals surface area contributed by atoms with Gasteiger partial charge in [0, 0.05) is 19.1 Å². The van der Waals surface area contributed by atoms with E-state index >= 15 is 0 Å². The van der Waals surface area contributed by atoms with E-state index in [9.17, 15) is 13.7 Å². The fourth-order valence-electron chi connectivity index (χ4n) is 3.84. The van der Waals surface area contributed by atoms with Crippen LogP contribution in [0, 0.1) is 11.3 Å². The molecule has 0 saturated carbocycles. The number of fused-ring (bicyclic) bond motifs is 3. The minimum atomic E-state index is -3.82. The van der Waals surface area contributed by atoms with E-state index in [2.05, 4.69) is 6.07 Å². The second kappa shape index (κ2) is 6.38. The minimum Gasteiger partial charge on any atom is -0.374 e. The summed E-state index contributed by atoms with van der Waals surface area (Å²) in [5.74, 6) is 0. The molecule has 0 bridgehead atoms. The first kappa shape index (κ1) is 18.1. The molecule has 0 spiro atoms. The average Bonchev–Trinajstić information content (AvgIpc) is 3.01. The summed E-state index contributed by atoms with van der Waals surface area (Å²) in [4.78, 5) is -1.14. The van der Waals surface area contributed by atoms with Crippen LogP contribution in [-0.2, 0) is 14.8 Å². The number of para-hydroxylation sites is 1. The Bertz CT molecular complexity index is 1060. The zero-order valence-electron chi connectivity index (χ0n) is 14.5. The Balaban J connectivity index is 1.93. The van der Waals surface area contributed by atoms with E-state index in [0.29, 0.717) is 5.69 Å². The standard InChI is InChI=1S/C20H17ClN2O3S/c1-26-19-11-16-15-9-5-6-10-17(15)23(18(16)12-20(19,21)13-22)27(24,25)14-7-3-2-4-8-14/h2-11,18-19H,12H2,1H3/t18-,19-,20-/m0/s1. The molecule has 0 fully saturated rings. The summed E-state index contributed by atoms with van der Waals surface area (Å²) in [6, 6.07) is 17.2. The number of sulfonamides is 1. The Kier molecular flexibility index (Phi) is 4.26. The highest BCUT2D eigenvalue weighted by atomic mass is 35.5. The first-order valence-electron chi connectivity index (χ1n) is 8.46. The van der Waals surface area contributed by atoms with Gasteiger partial charge in [-0.05, 0) is 29.8 Å². The normalized spacial score (nSPS) is 26.7. The molecule has 1 aliphatic heterocycles. The van der Waals surface area contributed by atoms with Gasteiger partial charge in [0.25, 0.3) is 10.0 Å². The molecule has 0 radical (unpaired) electrons. The Morgan fingerprint density at radius 1 is 1.19 bits per heavy atom. The summed E-state index contributed by atoms with van der Waals surface area (Å²) in [5, 5.41) is 9.64. The molecule has 0 amide bonds. The van der Waals surface area contributed by atoms with Crippen LogP contribution in [0.2, 0.25) is 0 Å². The summed E-state index contributed by atoms with van der Waals surface area (Å²) in [6.07, 6.45) is 1.29. The molecule has 1 heterocycles. The van der Waals surface area contributed by atoms with Crippen molar-refractivity contribution in [2.75, 3.05) is 11.4 Å². The average molecular weight is 401 g/mol. The quantitative estimate of drug-likeness (QED) is 0.738. The fraction of sp³-hybridized carbons (Fsp3) is 0.250. The molecule has 3 atom stereocenters. The second-order valence-electron chi connectivity index (χ2n) is 6.60. The van der Waals surface area contributed by atoms with Crippen LogP contribution >= 0.6 is 11.6 Å². The van der Waals surface area contributed by atoms with Crippen LogP contribution in [0.3, 0.4) is 0 Å². The van der Waals surface area contributed by atoms with E-state index < -0.39 is 27.0 Å². The molecule has 2 aromatic carbocycles. The van der Waals surface area contributed by atoms with Gasteiger partial charge in [0.15, 0.2) is 4.87 Å². The maximum atomic E-state index is 13.4. The molecule has 4 rings (SSSR count). The molecular formula is C20H17ClN2O3S. The first-order valence-corrected chi connectivity index (χ1v) is 10.3. The number of nitrogens with zero attached hydrogens (tertiary/aromatic N) is 2. The Morgan fingerprint density at radius 2 is 1.85 bits per heavy atom. The SMILES string of the molecule is CO[C@H]1C=C2c3ccccc3N(S(=O)(=O)c3ccccc3)[C@H]2C[C@]1(Cl)C#N. The van der Waals surface area contributed by atoms with Gasteiger partial charge in [-0.3, -0.25) is 4.31 Å². The summed E-state index contributed by atoms with van der Waals surface area (Å²) in [7, 11) is -2.33. The summed E-state index contributed by atoms with van der Waals surface area (Å²) in [6.45, 7) is 0. The van der Waals surface area contributed by atoms with Crippen molar-refractivity contribution in [3.05, 3.63) is 66.2 Å². The van der Waals surface area contributed by atoms with Crippen molar-refractivity contribution in [1.82, 2.24) is 0 Å². The van der Waals surface area contributed by atoms with Crippen LogP contribution in [0.1, 0.15) is 12.0 Å². The molecule has 2 aromatic rings. The minimum absolute atomic E-state index is 0.135. The molecule has 0 N–H and O–H groups in total. The van der Waals surface area contributed by atoms with Crippen LogP contribution in [-0.4, -0.2) is 32.5 Å². The van der Waals surface area contributed by atoms with E-state index in [1.165, 1.54) is 11.4 Å². The number of halogens is 1. The molecule has 0 saturated heterocycles. The van der Waals surface area contributed by atoms with Gasteiger partial charge in [0.2, 0.25) is 0 Å². The van der Waals surface area contributed by atoms with E-state index in [1.807, 2.05) is 12.1 Å². The van der Waals surface area contributed by atoms with Crippen LogP contribution in [0.15, 0.2) is 65.6 Å². The number of anilines is 1. The lowest BCUT2D eigenvalue weighted by atomic mass is 9.83. The number of hydrogen-bond donors (Lipinski definition) is 0. The second-order valence-corrected chi connectivity index (χ2v) is 9.09. The van der Waals surface area contributed by atoms with Crippen molar-refractivity contribution >= 4 is 32.9 Å². The first-order chi connectivity index (χ1) is 12.9. The van der Waals surface area contributed by atoms with Crippen LogP contribution in [0.25, 0.3) is 5.57 Å². The maximum Gasteiger partial charge on any atom is 0.264 e. The van der Waals surface area contributed by atoms with E-state index in [0.717, 1.165) is 11.1 Å². The van der Waals surface area contributed by atoms with Gasteiger partial charge >= 0.3 is 0 Å². The predicted octanol–water partition coefficient (Wildman–Crippen LogP) is 3.57. The van der Waals surface area contributed by atoms with Gasteiger partial charge in [-0.1, -0.05) is 48.0 Å². The molecule has 0 unspecified atom stereocenters. The summed E-state index contributed by atoms with van der Waals surface area (Å²) >= 11 is 6.54. The summed E-state index contributed by atoms with van der Waals surface area (Å²) in [5.41, 5.74) is 2.23. The molecule has 138 valence electrons. The Labute approximate surface area is 163 Å². The number of methoxy groups -OCH3 is 1. The number of benzene rings is 2. The molecule has 2 aliphatic rings. The van der Waals surface area contributed by atoms with Crippen molar-refractivity contribution in [1.29, 1.82) is 5.26 Å². The molecule has 0 aromatic heterocycles. The molecule has 1 aliphatic carbocycles. The lowest BCUT2D eigenvalue weighted by molar-refractivity contribution is 0.112. The Morgan fingerprint density at radius 3 is 2.52 bits per heavy atom. The van der Waals surface area contributed by atoms with Crippen LogP contribution in [0.5, 0.6) is 0 Å². The van der Waals surface area contributed by atoms with Gasteiger partial charge in [-0.25, -0.2) is 8.42 Å². The van der Waals surface area contributed by atoms with Crippen LogP contribution < -0.4 is 4.31 Å². The predicted molar refractivity (Wildman–Crippen MR) is 104 cm³/mol. The van der Waals surface area contributed by atoms with Gasteiger partial charge in [-0.15, -0.1) is 0 Å². The van der Waals surface area contributed by atoms with E-state index in [1.54, 1.807) is 48.5 Å². The fourth-order valence-corrected chi connectivity index (χ4v) is 5.80. The highest BCUT2D eigenvalue weighted by Gasteiger charge is 2.51. The summed E-state index contributed by atoms with van der Waals surface area (Å²) < 4.78 is 33.7. The third kappa shape index (κ3) is 2.66. The maximum absolute atomic E-state index is 13.4. The van der Waals surface area contributed by atoms with Crippen molar-refractivity contribution in [3.8, 4) is 6.07 Å². The molecule has 5 nitrogen and oxygen atoms in total. The van der Waals surface area contributed by atoms with Crippen molar-refractivity contribution in [2.45, 2.75) is 28.3 Å². The van der Waals surface area contributed by atoms with E-state index in [-0.39, 0.29) is 11.3 Å². The zero-order valence-corrected chi connectivity index (χ0v) is 16.1. The van der Waals surface area contributed by atoms with Crippen molar-refractivity contribution in [2.24, 2.45) is 0 Å². The largest absolute Gasteiger partial charge is 0.374 e. The third-order valence-corrected chi connectivity index (χ3v) is 7.40. The van der Waals surface area contributed by atoms with E-state index in [4.69, 9.17) is 16.3 Å². The molecule has 7 heteroatoms. The highest BCUT2D eigenvalue weighted by Crippen LogP contribution is 2.50. The number of alkyl halides is 1. The Hall–Kier alpha value is -2.33. The number of rotatable bonds is 3. The molecule has 27 heavy (non-hydrogen) atoms. The zero-order chi connectivity index (χ0) is 19.2. The van der Waals surface area contributed by atoms with Gasteiger partial charge in [-0.2, -0.15) is 5.26 Å². The topological polar surface area (TPSA) is 70.4 Å². The lowest BCUT2D eigenvalue weighted by Gasteiger charge is -2.37. The smallest absolute Gasteiger partial charge is 0.264 e. The van der Waals surface area contributed by atoms with Gasteiger partial charge in [0.1, 0.15) is 6.10 Å². The number of ether oxygens (including phenoxy) is 1. The van der Waals surface area contributed by atoms with Crippen LogP contribution in [0.4, 0.5) is 5.69 Å². The number of nitriles is 1. The van der Waals surface area contributed by atoms with Gasteiger partial charge < -0.3 is 4.74 Å². The highest BCUT2D eigenvalue weighted by molar-refractivity contribution is 7.93. The van der Waals surface area contributed by atoms with Gasteiger partial charge in [0.05, 0.1) is 22.7 Å². The third-order valence-electron chi connectivity index (χ3n) is 5.11. The monoisotopic (exact) mass is 400 g/mol.